The van der Waals surface area contributed by atoms with Crippen LogP contribution in [-0.4, -0.2) is 40.6 Å². The summed E-state index contributed by atoms with van der Waals surface area (Å²) in [7, 11) is -2.95. The molecule has 0 spiro atoms. The zero-order valence-corrected chi connectivity index (χ0v) is 21.4. The Morgan fingerprint density at radius 2 is 1.89 bits per heavy atom. The minimum atomic E-state index is -2.95. The summed E-state index contributed by atoms with van der Waals surface area (Å²) in [6, 6.07) is 9.94. The third-order valence-corrected chi connectivity index (χ3v) is 8.46. The number of rotatable bonds is 5. The molecule has 36 heavy (non-hydrogen) atoms. The van der Waals surface area contributed by atoms with Gasteiger partial charge in [0.1, 0.15) is 12.1 Å². The van der Waals surface area contributed by atoms with Crippen molar-refractivity contribution >= 4 is 9.73 Å². The molecule has 0 radical (unpaired) electrons. The molecule has 2 atom stereocenters. The summed E-state index contributed by atoms with van der Waals surface area (Å²) in [6.07, 6.45) is 2.13. The lowest BCUT2D eigenvalue weighted by Gasteiger charge is -2.20. The molecular formula is C25H28FN7O2S. The van der Waals surface area contributed by atoms with Gasteiger partial charge in [0, 0.05) is 35.2 Å². The minimum absolute atomic E-state index is 0.0590. The van der Waals surface area contributed by atoms with Crippen molar-refractivity contribution in [1.82, 2.24) is 29.4 Å². The fraction of sp³-hybridized carbons (Fsp3) is 0.320. The van der Waals surface area contributed by atoms with Crippen LogP contribution in [0.1, 0.15) is 42.3 Å². The van der Waals surface area contributed by atoms with Crippen molar-refractivity contribution in [3.8, 4) is 17.2 Å². The maximum Gasteiger partial charge on any atom is 0.356 e. The SMILES string of the molecule is CCS(=N)(=O)c1cccc(-n2ncn(-c3c4c(nn3-c3cc(C)c(F)c(C)c3)CCN[C@H]4C)c2=O)c1. The van der Waals surface area contributed by atoms with Crippen LogP contribution in [0.4, 0.5) is 4.39 Å². The molecule has 2 aromatic heterocycles. The summed E-state index contributed by atoms with van der Waals surface area (Å²) >= 11 is 0. The molecule has 0 saturated heterocycles. The standard InChI is InChI=1S/C25H28FN7O2S/c1-5-36(27,35)20-8-6-7-18(13-20)33-25(34)31(14-29-33)24-22-17(4)28-10-9-21(22)30-32(24)19-11-15(2)23(26)16(3)12-19/h6-8,11-14,17,27-28H,5,9-10H2,1-4H3/t17-,36?/m0/s1. The van der Waals surface area contributed by atoms with Crippen LogP contribution in [0.2, 0.25) is 0 Å². The Labute approximate surface area is 208 Å². The number of nitrogens with one attached hydrogen (secondary N) is 2. The highest BCUT2D eigenvalue weighted by Crippen LogP contribution is 2.31. The van der Waals surface area contributed by atoms with Gasteiger partial charge >= 0.3 is 5.69 Å². The second-order valence-electron chi connectivity index (χ2n) is 9.07. The van der Waals surface area contributed by atoms with Crippen LogP contribution >= 0.6 is 0 Å². The molecule has 1 aliphatic rings. The van der Waals surface area contributed by atoms with E-state index in [1.807, 2.05) is 6.92 Å². The average Bonchev–Trinajstić information content (AvgIpc) is 3.43. The topological polar surface area (TPSA) is 111 Å². The van der Waals surface area contributed by atoms with E-state index in [4.69, 9.17) is 9.88 Å². The van der Waals surface area contributed by atoms with Crippen LogP contribution in [-0.2, 0) is 16.1 Å². The molecule has 0 saturated carbocycles. The summed E-state index contributed by atoms with van der Waals surface area (Å²) < 4.78 is 39.5. The number of aryl methyl sites for hydroxylation is 2. The van der Waals surface area contributed by atoms with Crippen molar-refractivity contribution in [3.63, 3.8) is 0 Å². The molecule has 3 heterocycles. The average molecular weight is 510 g/mol. The molecule has 1 unspecified atom stereocenters. The maximum absolute atomic E-state index is 14.4. The number of hydrogen-bond acceptors (Lipinski definition) is 6. The molecule has 4 aromatic rings. The predicted octanol–water partition coefficient (Wildman–Crippen LogP) is 3.60. The van der Waals surface area contributed by atoms with E-state index in [9.17, 15) is 13.4 Å². The van der Waals surface area contributed by atoms with Crippen molar-refractivity contribution in [3.05, 3.63) is 81.4 Å². The molecule has 0 bridgehead atoms. The summed E-state index contributed by atoms with van der Waals surface area (Å²) in [5.74, 6) is 0.447. The van der Waals surface area contributed by atoms with E-state index < -0.39 is 15.4 Å². The normalized spacial score (nSPS) is 17.1. The van der Waals surface area contributed by atoms with E-state index in [-0.39, 0.29) is 17.6 Å². The summed E-state index contributed by atoms with van der Waals surface area (Å²) in [4.78, 5) is 14.0. The predicted molar refractivity (Wildman–Crippen MR) is 136 cm³/mol. The van der Waals surface area contributed by atoms with E-state index >= 15 is 0 Å². The van der Waals surface area contributed by atoms with Crippen LogP contribution in [0, 0.1) is 24.4 Å². The molecule has 11 heteroatoms. The number of halogens is 1. The molecule has 188 valence electrons. The molecule has 0 amide bonds. The smallest absolute Gasteiger partial charge is 0.310 e. The van der Waals surface area contributed by atoms with Gasteiger partial charge in [-0.05, 0) is 62.2 Å². The fourth-order valence-electron chi connectivity index (χ4n) is 4.67. The van der Waals surface area contributed by atoms with Gasteiger partial charge in [-0.15, -0.1) is 0 Å². The lowest BCUT2D eigenvalue weighted by atomic mass is 10.0. The van der Waals surface area contributed by atoms with Crippen LogP contribution in [0.15, 0.2) is 52.4 Å². The van der Waals surface area contributed by atoms with Crippen LogP contribution in [0.25, 0.3) is 17.2 Å². The second kappa shape index (κ2) is 8.82. The number of nitrogens with zero attached hydrogens (tertiary/aromatic N) is 5. The summed E-state index contributed by atoms with van der Waals surface area (Å²) in [6.45, 7) is 7.88. The van der Waals surface area contributed by atoms with E-state index in [1.54, 1.807) is 61.9 Å². The van der Waals surface area contributed by atoms with Gasteiger partial charge in [-0.1, -0.05) is 13.0 Å². The van der Waals surface area contributed by atoms with E-state index in [1.165, 1.54) is 15.6 Å². The molecule has 0 fully saturated rings. The zero-order valence-electron chi connectivity index (χ0n) is 20.6. The Morgan fingerprint density at radius 1 is 1.17 bits per heavy atom. The monoisotopic (exact) mass is 509 g/mol. The molecule has 2 N–H and O–H groups in total. The van der Waals surface area contributed by atoms with Gasteiger partial charge in [0.15, 0.2) is 5.82 Å². The first-order valence-corrected chi connectivity index (χ1v) is 13.5. The van der Waals surface area contributed by atoms with Gasteiger partial charge in [0.05, 0.1) is 26.8 Å². The molecular weight excluding hydrogens is 481 g/mol. The first-order valence-electron chi connectivity index (χ1n) is 11.8. The third-order valence-electron chi connectivity index (χ3n) is 6.63. The molecule has 0 aliphatic carbocycles. The summed E-state index contributed by atoms with van der Waals surface area (Å²) in [5, 5.41) is 12.6. The van der Waals surface area contributed by atoms with Crippen LogP contribution in [0.5, 0.6) is 0 Å². The largest absolute Gasteiger partial charge is 0.356 e. The maximum atomic E-state index is 14.4. The number of aromatic nitrogens is 5. The summed E-state index contributed by atoms with van der Waals surface area (Å²) in [5.41, 5.74) is 3.38. The van der Waals surface area contributed by atoms with E-state index in [2.05, 4.69) is 10.4 Å². The Hall–Kier alpha value is -3.57. The van der Waals surface area contributed by atoms with Crippen molar-refractivity contribution in [2.45, 2.75) is 45.1 Å². The van der Waals surface area contributed by atoms with Gasteiger partial charge < -0.3 is 5.32 Å². The fourth-order valence-corrected chi connectivity index (χ4v) is 5.62. The van der Waals surface area contributed by atoms with Crippen molar-refractivity contribution in [1.29, 1.82) is 4.78 Å². The molecule has 9 nitrogen and oxygen atoms in total. The molecule has 1 aliphatic heterocycles. The Kier molecular flexibility index (Phi) is 5.92. The van der Waals surface area contributed by atoms with Crippen molar-refractivity contribution < 1.29 is 8.60 Å². The van der Waals surface area contributed by atoms with Crippen molar-refractivity contribution in [2.24, 2.45) is 0 Å². The Morgan fingerprint density at radius 3 is 2.58 bits per heavy atom. The van der Waals surface area contributed by atoms with Gasteiger partial charge in [0.25, 0.3) is 0 Å². The van der Waals surface area contributed by atoms with Crippen LogP contribution < -0.4 is 11.0 Å². The van der Waals surface area contributed by atoms with Crippen LogP contribution in [0.3, 0.4) is 0 Å². The first kappa shape index (κ1) is 24.1. The van der Waals surface area contributed by atoms with Gasteiger partial charge in [-0.3, -0.25) is 0 Å². The highest BCUT2D eigenvalue weighted by Gasteiger charge is 2.29. The van der Waals surface area contributed by atoms with E-state index in [0.717, 1.165) is 17.8 Å². The highest BCUT2D eigenvalue weighted by molar-refractivity contribution is 7.92. The lowest BCUT2D eigenvalue weighted by molar-refractivity contribution is 0.536. The third kappa shape index (κ3) is 3.88. The second-order valence-corrected chi connectivity index (χ2v) is 11.5. The number of benzene rings is 2. The molecule has 2 aromatic carbocycles. The number of hydrogen-bond donors (Lipinski definition) is 2. The quantitative estimate of drug-likeness (QED) is 0.427. The first-order chi connectivity index (χ1) is 17.1. The Bertz CT molecular complexity index is 1630. The zero-order chi connectivity index (χ0) is 25.8. The number of fused-ring (bicyclic) bond motifs is 1. The minimum Gasteiger partial charge on any atom is -0.310 e. The van der Waals surface area contributed by atoms with E-state index in [0.29, 0.717) is 39.6 Å². The lowest BCUT2D eigenvalue weighted by Crippen LogP contribution is -2.30. The highest BCUT2D eigenvalue weighted by atomic mass is 32.2. The van der Waals surface area contributed by atoms with Gasteiger partial charge in [-0.25, -0.2) is 27.4 Å². The van der Waals surface area contributed by atoms with Gasteiger partial charge in [0.2, 0.25) is 0 Å². The Balaban J connectivity index is 1.72. The van der Waals surface area contributed by atoms with Gasteiger partial charge in [-0.2, -0.15) is 14.9 Å². The van der Waals surface area contributed by atoms with Crippen molar-refractivity contribution in [2.75, 3.05) is 12.3 Å². The molecule has 5 rings (SSSR count).